The predicted octanol–water partition coefficient (Wildman–Crippen LogP) is 5.00. The Morgan fingerprint density at radius 2 is 1.67 bits per heavy atom. The summed E-state index contributed by atoms with van der Waals surface area (Å²) in [5, 5.41) is 2.42. The Bertz CT molecular complexity index is 787. The molecule has 0 aliphatic carbocycles. The fourth-order valence-electron chi connectivity index (χ4n) is 2.40. The summed E-state index contributed by atoms with van der Waals surface area (Å²) < 4.78 is 2.07. The molecule has 1 aromatic heterocycles. The van der Waals surface area contributed by atoms with E-state index in [1.54, 1.807) is 6.20 Å². The smallest absolute Gasteiger partial charge is 0.0410 e. The third-order valence-electron chi connectivity index (χ3n) is 3.47. The molecular formula is C17H14Br2N2. The van der Waals surface area contributed by atoms with Gasteiger partial charge in [-0.3, -0.25) is 4.98 Å². The maximum absolute atomic E-state index is 6.35. The van der Waals surface area contributed by atoms with Crippen LogP contribution in [0.2, 0.25) is 0 Å². The van der Waals surface area contributed by atoms with Crippen LogP contribution in [-0.4, -0.2) is 4.98 Å². The summed E-state index contributed by atoms with van der Waals surface area (Å²) in [4.78, 5) is 4.18. The van der Waals surface area contributed by atoms with Crippen LogP contribution < -0.4 is 5.73 Å². The topological polar surface area (TPSA) is 38.9 Å². The number of hydrogen-bond donors (Lipinski definition) is 1. The van der Waals surface area contributed by atoms with Crippen molar-refractivity contribution in [3.05, 3.63) is 74.9 Å². The highest BCUT2D eigenvalue weighted by Crippen LogP contribution is 2.24. The summed E-state index contributed by atoms with van der Waals surface area (Å²) in [6.07, 6.45) is 4.42. The van der Waals surface area contributed by atoms with Crippen molar-refractivity contribution in [2.45, 2.75) is 12.5 Å². The molecule has 0 radical (unpaired) electrons. The van der Waals surface area contributed by atoms with Gasteiger partial charge in [-0.05, 0) is 68.5 Å². The molecule has 2 nitrogen and oxygen atoms in total. The monoisotopic (exact) mass is 404 g/mol. The molecule has 2 aromatic carbocycles. The van der Waals surface area contributed by atoms with E-state index >= 15 is 0 Å². The van der Waals surface area contributed by atoms with Gasteiger partial charge in [0.05, 0.1) is 0 Å². The summed E-state index contributed by atoms with van der Waals surface area (Å²) in [7, 11) is 0. The van der Waals surface area contributed by atoms with Crippen molar-refractivity contribution in [1.82, 2.24) is 4.98 Å². The first-order valence-electron chi connectivity index (χ1n) is 6.66. The number of aromatic nitrogens is 1. The first kappa shape index (κ1) is 14.7. The minimum atomic E-state index is -0.0332. The van der Waals surface area contributed by atoms with Crippen LogP contribution in [0.25, 0.3) is 10.8 Å². The number of halogens is 2. The molecule has 0 aliphatic rings. The molecule has 1 atom stereocenters. The zero-order valence-electron chi connectivity index (χ0n) is 11.3. The number of fused-ring (bicyclic) bond motifs is 1. The van der Waals surface area contributed by atoms with E-state index in [4.69, 9.17) is 5.73 Å². The van der Waals surface area contributed by atoms with Gasteiger partial charge in [0, 0.05) is 27.4 Å². The fraction of sp³-hybridized carbons (Fsp3) is 0.118. The van der Waals surface area contributed by atoms with Crippen LogP contribution >= 0.6 is 31.9 Å². The average molecular weight is 406 g/mol. The average Bonchev–Trinajstić information content (AvgIpc) is 2.46. The van der Waals surface area contributed by atoms with Gasteiger partial charge in [-0.1, -0.05) is 34.1 Å². The van der Waals surface area contributed by atoms with E-state index in [0.29, 0.717) is 0 Å². The molecule has 1 heterocycles. The van der Waals surface area contributed by atoms with Gasteiger partial charge in [0.1, 0.15) is 0 Å². The summed E-state index contributed by atoms with van der Waals surface area (Å²) in [5.74, 6) is 0. The zero-order valence-corrected chi connectivity index (χ0v) is 14.4. The van der Waals surface area contributed by atoms with Crippen LogP contribution in [0.5, 0.6) is 0 Å². The third kappa shape index (κ3) is 3.51. The minimum Gasteiger partial charge on any atom is -0.324 e. The SMILES string of the molecule is NC(Cc1cncc(Br)c1)c1ccc2cc(Br)ccc2c1. The van der Waals surface area contributed by atoms with E-state index in [-0.39, 0.29) is 6.04 Å². The first-order valence-corrected chi connectivity index (χ1v) is 8.24. The van der Waals surface area contributed by atoms with E-state index in [1.807, 2.05) is 6.20 Å². The quantitative estimate of drug-likeness (QED) is 0.665. The van der Waals surface area contributed by atoms with Crippen molar-refractivity contribution in [3.8, 4) is 0 Å². The number of pyridine rings is 1. The lowest BCUT2D eigenvalue weighted by Crippen LogP contribution is -2.13. The second-order valence-corrected chi connectivity index (χ2v) is 6.90. The Balaban J connectivity index is 1.87. The Morgan fingerprint density at radius 1 is 0.905 bits per heavy atom. The molecule has 0 saturated heterocycles. The number of nitrogens with two attached hydrogens (primary N) is 1. The van der Waals surface area contributed by atoms with E-state index in [2.05, 4.69) is 79.3 Å². The molecular weight excluding hydrogens is 392 g/mol. The van der Waals surface area contributed by atoms with Gasteiger partial charge in [0.2, 0.25) is 0 Å². The molecule has 106 valence electrons. The van der Waals surface area contributed by atoms with Crippen molar-refractivity contribution in [2.24, 2.45) is 5.73 Å². The van der Waals surface area contributed by atoms with Crippen LogP contribution in [0.3, 0.4) is 0 Å². The van der Waals surface area contributed by atoms with Gasteiger partial charge in [-0.2, -0.15) is 0 Å². The molecule has 2 N–H and O–H groups in total. The third-order valence-corrected chi connectivity index (χ3v) is 4.40. The van der Waals surface area contributed by atoms with Crippen LogP contribution in [-0.2, 0) is 6.42 Å². The summed E-state index contributed by atoms with van der Waals surface area (Å²) in [6, 6.07) is 14.7. The molecule has 3 aromatic rings. The van der Waals surface area contributed by atoms with E-state index in [0.717, 1.165) is 26.5 Å². The highest BCUT2D eigenvalue weighted by Gasteiger charge is 2.09. The number of benzene rings is 2. The Morgan fingerprint density at radius 3 is 2.48 bits per heavy atom. The predicted molar refractivity (Wildman–Crippen MR) is 94.2 cm³/mol. The molecule has 0 aliphatic heterocycles. The van der Waals surface area contributed by atoms with Crippen molar-refractivity contribution < 1.29 is 0 Å². The van der Waals surface area contributed by atoms with Gasteiger partial charge in [0.25, 0.3) is 0 Å². The first-order chi connectivity index (χ1) is 10.1. The molecule has 0 spiro atoms. The second kappa shape index (κ2) is 6.26. The van der Waals surface area contributed by atoms with E-state index < -0.39 is 0 Å². The van der Waals surface area contributed by atoms with Gasteiger partial charge in [-0.25, -0.2) is 0 Å². The molecule has 0 fully saturated rings. The fourth-order valence-corrected chi connectivity index (χ4v) is 3.20. The van der Waals surface area contributed by atoms with E-state index in [9.17, 15) is 0 Å². The van der Waals surface area contributed by atoms with E-state index in [1.165, 1.54) is 10.8 Å². The minimum absolute atomic E-state index is 0.0332. The number of rotatable bonds is 3. The lowest BCUT2D eigenvalue weighted by Gasteiger charge is -2.13. The van der Waals surface area contributed by atoms with Gasteiger partial charge >= 0.3 is 0 Å². The number of hydrogen-bond acceptors (Lipinski definition) is 2. The largest absolute Gasteiger partial charge is 0.324 e. The highest BCUT2D eigenvalue weighted by atomic mass is 79.9. The van der Waals surface area contributed by atoms with Crippen LogP contribution in [0.15, 0.2) is 63.8 Å². The summed E-state index contributed by atoms with van der Waals surface area (Å²) in [6.45, 7) is 0. The summed E-state index contributed by atoms with van der Waals surface area (Å²) >= 11 is 6.93. The van der Waals surface area contributed by atoms with Crippen molar-refractivity contribution in [3.63, 3.8) is 0 Å². The molecule has 0 amide bonds. The van der Waals surface area contributed by atoms with Gasteiger partial charge in [-0.15, -0.1) is 0 Å². The summed E-state index contributed by atoms with van der Waals surface area (Å²) in [5.41, 5.74) is 8.62. The number of nitrogens with zero attached hydrogens (tertiary/aromatic N) is 1. The molecule has 0 saturated carbocycles. The van der Waals surface area contributed by atoms with Crippen LogP contribution in [0, 0.1) is 0 Å². The Labute approximate surface area is 140 Å². The Kier molecular flexibility index (Phi) is 4.38. The second-order valence-electron chi connectivity index (χ2n) is 5.07. The standard InChI is InChI=1S/C17H14Br2N2/c18-15-4-3-12-7-14(2-1-13(12)8-15)17(20)6-11-5-16(19)10-21-9-11/h1-5,7-10,17H,6,20H2. The molecule has 3 rings (SSSR count). The zero-order chi connectivity index (χ0) is 14.8. The van der Waals surface area contributed by atoms with Gasteiger partial charge < -0.3 is 5.73 Å². The van der Waals surface area contributed by atoms with Gasteiger partial charge in [0.15, 0.2) is 0 Å². The molecule has 4 heteroatoms. The Hall–Kier alpha value is -1.23. The van der Waals surface area contributed by atoms with Crippen molar-refractivity contribution in [2.75, 3.05) is 0 Å². The lowest BCUT2D eigenvalue weighted by molar-refractivity contribution is 0.720. The molecule has 0 bridgehead atoms. The highest BCUT2D eigenvalue weighted by molar-refractivity contribution is 9.10. The lowest BCUT2D eigenvalue weighted by atomic mass is 9.98. The van der Waals surface area contributed by atoms with Crippen LogP contribution in [0.1, 0.15) is 17.2 Å². The van der Waals surface area contributed by atoms with Crippen molar-refractivity contribution in [1.29, 1.82) is 0 Å². The molecule has 21 heavy (non-hydrogen) atoms. The van der Waals surface area contributed by atoms with Crippen LogP contribution in [0.4, 0.5) is 0 Å². The maximum atomic E-state index is 6.35. The maximum Gasteiger partial charge on any atom is 0.0410 e. The molecule has 1 unspecified atom stereocenters. The normalized spacial score (nSPS) is 12.5. The van der Waals surface area contributed by atoms with Crippen molar-refractivity contribution >= 4 is 42.6 Å².